The largest absolute Gasteiger partial charge is 0.444 e. The van der Waals surface area contributed by atoms with Crippen molar-refractivity contribution in [1.29, 1.82) is 0 Å². The number of ketones is 1. The number of fused-ring (bicyclic) bond motifs is 1. The van der Waals surface area contributed by atoms with Crippen LogP contribution >= 0.6 is 0 Å². The lowest BCUT2D eigenvalue weighted by molar-refractivity contribution is -0.114. The third-order valence-corrected chi connectivity index (χ3v) is 6.89. The van der Waals surface area contributed by atoms with E-state index in [0.717, 1.165) is 17.4 Å². The van der Waals surface area contributed by atoms with E-state index in [-0.39, 0.29) is 40.9 Å². The lowest BCUT2D eigenvalue weighted by Gasteiger charge is -2.34. The molecule has 0 bridgehead atoms. The summed E-state index contributed by atoms with van der Waals surface area (Å²) in [7, 11) is 1.49. The van der Waals surface area contributed by atoms with Gasteiger partial charge in [-0.3, -0.25) is 28.1 Å². The summed E-state index contributed by atoms with van der Waals surface area (Å²) in [6.45, 7) is 8.99. The maximum atomic E-state index is 13.9. The number of alkyl carbamates (subject to hydrolysis) is 1. The van der Waals surface area contributed by atoms with Gasteiger partial charge in [-0.2, -0.15) is 4.98 Å². The fraction of sp³-hybridized carbons (Fsp3) is 0.467. The second-order valence-electron chi connectivity index (χ2n) is 11.4. The number of nitrogens with zero attached hydrogens (tertiary/aromatic N) is 5. The van der Waals surface area contributed by atoms with Gasteiger partial charge in [0, 0.05) is 38.7 Å². The number of hydrogen-bond acceptors (Lipinski definition) is 8. The van der Waals surface area contributed by atoms with Gasteiger partial charge in [0.1, 0.15) is 5.60 Å². The average Bonchev–Trinajstić information content (AvgIpc) is 3.31. The van der Waals surface area contributed by atoms with E-state index in [1.807, 2.05) is 4.90 Å². The zero-order valence-electron chi connectivity index (χ0n) is 25.3. The number of piperidine rings is 1. The Morgan fingerprint density at radius 3 is 2.53 bits per heavy atom. The molecule has 1 fully saturated rings. The van der Waals surface area contributed by atoms with E-state index in [1.54, 1.807) is 50.5 Å². The molecule has 1 aliphatic rings. The van der Waals surface area contributed by atoms with Gasteiger partial charge in [-0.1, -0.05) is 18.1 Å². The summed E-state index contributed by atoms with van der Waals surface area (Å²) in [5.41, 5.74) is -1.27. The number of ether oxygens (including phenoxy) is 1. The normalized spacial score (nSPS) is 15.0. The summed E-state index contributed by atoms with van der Waals surface area (Å²) < 4.78 is 9.18. The second-order valence-corrected chi connectivity index (χ2v) is 11.4. The molecular formula is C30H37N7O6. The molecule has 1 saturated heterocycles. The number of carbonyl (C=O) groups is 3. The van der Waals surface area contributed by atoms with E-state index < -0.39 is 35.3 Å². The van der Waals surface area contributed by atoms with Gasteiger partial charge >= 0.3 is 11.8 Å². The first-order chi connectivity index (χ1) is 20.3. The van der Waals surface area contributed by atoms with Crippen LogP contribution in [0.3, 0.4) is 0 Å². The third-order valence-electron chi connectivity index (χ3n) is 6.89. The molecule has 1 atom stereocenters. The molecule has 4 rings (SSSR count). The van der Waals surface area contributed by atoms with Crippen molar-refractivity contribution in [1.82, 2.24) is 24.0 Å². The van der Waals surface area contributed by atoms with Gasteiger partial charge in [0.25, 0.3) is 5.56 Å². The highest BCUT2D eigenvalue weighted by Crippen LogP contribution is 2.24. The van der Waals surface area contributed by atoms with Crippen LogP contribution in [0.25, 0.3) is 11.2 Å². The van der Waals surface area contributed by atoms with Gasteiger partial charge in [0.2, 0.25) is 11.9 Å². The molecule has 0 aliphatic carbocycles. The van der Waals surface area contributed by atoms with E-state index in [1.165, 1.54) is 24.6 Å². The van der Waals surface area contributed by atoms with Gasteiger partial charge in [0.15, 0.2) is 16.9 Å². The lowest BCUT2D eigenvalue weighted by Crippen LogP contribution is -2.49. The minimum atomic E-state index is -0.705. The highest BCUT2D eigenvalue weighted by Gasteiger charge is 2.29. The minimum absolute atomic E-state index is 0.121. The zero-order valence-corrected chi connectivity index (χ0v) is 25.3. The SMILES string of the molecule is CC#CCn1c(N2CCCC(NC(=O)OC(C)(C)C)C2)nc2c1c(=O)n(CC(=O)c1ccccc1NC(C)=O)c(=O)n2C. The fourth-order valence-corrected chi connectivity index (χ4v) is 5.05. The predicted octanol–water partition coefficient (Wildman–Crippen LogP) is 2.25. The van der Waals surface area contributed by atoms with Gasteiger partial charge < -0.3 is 20.3 Å². The second kappa shape index (κ2) is 12.6. The molecule has 2 aromatic heterocycles. The first kappa shape index (κ1) is 31.1. The number of aryl methyl sites for hydroxylation is 1. The summed E-state index contributed by atoms with van der Waals surface area (Å²) in [5, 5.41) is 5.52. The molecule has 2 N–H and O–H groups in total. The van der Waals surface area contributed by atoms with Gasteiger partial charge in [-0.05, 0) is 52.7 Å². The number of benzene rings is 1. The van der Waals surface area contributed by atoms with Gasteiger partial charge in [0.05, 0.1) is 18.8 Å². The van der Waals surface area contributed by atoms with Crippen LogP contribution in [-0.4, -0.2) is 61.2 Å². The highest BCUT2D eigenvalue weighted by molar-refractivity contribution is 6.04. The van der Waals surface area contributed by atoms with Gasteiger partial charge in [-0.25, -0.2) is 9.59 Å². The molecule has 1 aliphatic heterocycles. The number of aromatic nitrogens is 4. The van der Waals surface area contributed by atoms with Crippen LogP contribution in [0, 0.1) is 11.8 Å². The Morgan fingerprint density at radius 2 is 1.86 bits per heavy atom. The van der Waals surface area contributed by atoms with Crippen LogP contribution in [0.5, 0.6) is 0 Å². The van der Waals surface area contributed by atoms with E-state index in [4.69, 9.17) is 9.72 Å². The van der Waals surface area contributed by atoms with Crippen molar-refractivity contribution >= 4 is 40.6 Å². The predicted molar refractivity (Wildman–Crippen MR) is 162 cm³/mol. The van der Waals surface area contributed by atoms with E-state index >= 15 is 0 Å². The van der Waals surface area contributed by atoms with Crippen LogP contribution < -0.4 is 26.8 Å². The monoisotopic (exact) mass is 591 g/mol. The van der Waals surface area contributed by atoms with Crippen molar-refractivity contribution in [2.45, 2.75) is 72.2 Å². The maximum Gasteiger partial charge on any atom is 0.407 e. The quantitative estimate of drug-likeness (QED) is 0.314. The Kier molecular flexibility index (Phi) is 9.08. The molecule has 13 heteroatoms. The van der Waals surface area contributed by atoms with Crippen molar-refractivity contribution in [2.24, 2.45) is 7.05 Å². The summed E-state index contributed by atoms with van der Waals surface area (Å²) >= 11 is 0. The van der Waals surface area contributed by atoms with Crippen LogP contribution in [0.1, 0.15) is 57.8 Å². The van der Waals surface area contributed by atoms with Crippen LogP contribution in [0.2, 0.25) is 0 Å². The van der Waals surface area contributed by atoms with E-state index in [0.29, 0.717) is 19.0 Å². The number of imidazole rings is 1. The molecule has 2 amide bonds. The van der Waals surface area contributed by atoms with Crippen molar-refractivity contribution in [3.8, 4) is 11.8 Å². The summed E-state index contributed by atoms with van der Waals surface area (Å²) in [5.74, 6) is 5.37. The molecule has 228 valence electrons. The molecule has 1 unspecified atom stereocenters. The average molecular weight is 592 g/mol. The Bertz CT molecular complexity index is 1750. The third kappa shape index (κ3) is 6.97. The number of hydrogen-bond donors (Lipinski definition) is 2. The minimum Gasteiger partial charge on any atom is -0.444 e. The van der Waals surface area contributed by atoms with Crippen LogP contribution in [0.4, 0.5) is 16.4 Å². The smallest absolute Gasteiger partial charge is 0.407 e. The number of anilines is 2. The maximum absolute atomic E-state index is 13.9. The van der Waals surface area contributed by atoms with Crippen molar-refractivity contribution in [2.75, 3.05) is 23.3 Å². The summed E-state index contributed by atoms with van der Waals surface area (Å²) in [6, 6.07) is 6.18. The standard InChI is InChI=1S/C30H37N7O6/c1-7-8-16-36-24-25(33-27(36)35-15-11-12-20(17-35)32-28(41)43-30(3,4)5)34(6)29(42)37(26(24)40)18-23(39)21-13-9-10-14-22(21)31-19(2)38/h9-10,13-14,20H,11-12,15-18H2,1-6H3,(H,31,38)(H,32,41). The molecule has 0 saturated carbocycles. The zero-order chi connectivity index (χ0) is 31.5. The Balaban J connectivity index is 1.74. The number of nitrogens with one attached hydrogen (secondary N) is 2. The Morgan fingerprint density at radius 1 is 1.14 bits per heavy atom. The molecular weight excluding hydrogens is 554 g/mol. The number of para-hydroxylation sites is 1. The molecule has 1 aromatic carbocycles. The highest BCUT2D eigenvalue weighted by atomic mass is 16.6. The molecule has 43 heavy (non-hydrogen) atoms. The first-order valence-corrected chi connectivity index (χ1v) is 14.0. The van der Waals surface area contributed by atoms with Crippen molar-refractivity contribution in [3.63, 3.8) is 0 Å². The van der Waals surface area contributed by atoms with Crippen molar-refractivity contribution < 1.29 is 19.1 Å². The number of Topliss-reactive ketones (excluding diaryl/α,β-unsaturated/α-hetero) is 1. The lowest BCUT2D eigenvalue weighted by atomic mass is 10.1. The molecule has 3 aromatic rings. The number of carbonyl (C=O) groups excluding carboxylic acids is 3. The topological polar surface area (TPSA) is 150 Å². The van der Waals surface area contributed by atoms with Crippen molar-refractivity contribution in [3.05, 3.63) is 50.7 Å². The molecule has 13 nitrogen and oxygen atoms in total. The summed E-state index contributed by atoms with van der Waals surface area (Å²) in [6.07, 6.45) is 0.965. The number of rotatable bonds is 7. The molecule has 3 heterocycles. The Labute approximate surface area is 248 Å². The summed E-state index contributed by atoms with van der Waals surface area (Å²) in [4.78, 5) is 71.3. The van der Waals surface area contributed by atoms with Crippen LogP contribution in [-0.2, 0) is 29.7 Å². The molecule has 0 spiro atoms. The van der Waals surface area contributed by atoms with Crippen LogP contribution in [0.15, 0.2) is 33.9 Å². The number of amides is 2. The fourth-order valence-electron chi connectivity index (χ4n) is 5.05. The van der Waals surface area contributed by atoms with E-state index in [9.17, 15) is 24.0 Å². The first-order valence-electron chi connectivity index (χ1n) is 14.0. The molecule has 0 radical (unpaired) electrons. The van der Waals surface area contributed by atoms with Gasteiger partial charge in [-0.15, -0.1) is 5.92 Å². The van der Waals surface area contributed by atoms with E-state index in [2.05, 4.69) is 22.5 Å². The Hall–Kier alpha value is -4.86.